The molecule has 1 aromatic heterocycles. The Morgan fingerprint density at radius 1 is 0.966 bits per heavy atom. The van der Waals surface area contributed by atoms with Crippen LogP contribution < -0.4 is 5.32 Å². The zero-order chi connectivity index (χ0) is 20.2. The van der Waals surface area contributed by atoms with E-state index in [1.165, 1.54) is 0 Å². The van der Waals surface area contributed by atoms with Gasteiger partial charge in [-0.1, -0.05) is 54.1 Å². The highest BCUT2D eigenvalue weighted by Gasteiger charge is 2.13. The number of carbonyl (C=O) groups excluding carboxylic acids is 1. The highest BCUT2D eigenvalue weighted by atomic mass is 35.5. The van der Waals surface area contributed by atoms with Gasteiger partial charge in [-0.2, -0.15) is 5.26 Å². The zero-order valence-electron chi connectivity index (χ0n) is 15.3. The lowest BCUT2D eigenvalue weighted by atomic mass is 10.1. The minimum Gasteiger partial charge on any atom is -0.320 e. The molecule has 1 amide bonds. The summed E-state index contributed by atoms with van der Waals surface area (Å²) >= 11 is 6.09. The lowest BCUT2D eigenvalue weighted by Gasteiger charge is -2.09. The summed E-state index contributed by atoms with van der Waals surface area (Å²) in [5.41, 5.74) is 2.13. The third kappa shape index (κ3) is 3.91. The largest absolute Gasteiger partial charge is 0.320 e. The van der Waals surface area contributed by atoms with Gasteiger partial charge in [0.1, 0.15) is 11.6 Å². The van der Waals surface area contributed by atoms with Gasteiger partial charge in [-0.3, -0.25) is 4.79 Å². The summed E-state index contributed by atoms with van der Waals surface area (Å²) in [7, 11) is 0. The van der Waals surface area contributed by atoms with Gasteiger partial charge >= 0.3 is 0 Å². The van der Waals surface area contributed by atoms with E-state index in [0.717, 1.165) is 22.2 Å². The first kappa shape index (κ1) is 18.5. The number of rotatable bonds is 4. The van der Waals surface area contributed by atoms with Crippen LogP contribution in [-0.4, -0.2) is 10.5 Å². The molecule has 0 atom stereocenters. The van der Waals surface area contributed by atoms with E-state index in [1.807, 2.05) is 53.2 Å². The molecule has 3 aromatic carbocycles. The van der Waals surface area contributed by atoms with Crippen LogP contribution in [0.3, 0.4) is 0 Å². The number of halogens is 1. The Balaban J connectivity index is 1.67. The quantitative estimate of drug-likeness (QED) is 0.348. The number of carbonyl (C=O) groups is 1. The molecule has 0 aliphatic heterocycles. The maximum absolute atomic E-state index is 12.6. The summed E-state index contributed by atoms with van der Waals surface area (Å²) in [5.74, 6) is -0.508. The molecule has 140 valence electrons. The summed E-state index contributed by atoms with van der Waals surface area (Å²) in [4.78, 5) is 12.6. The van der Waals surface area contributed by atoms with E-state index in [4.69, 9.17) is 11.6 Å². The molecule has 0 saturated carbocycles. The maximum Gasteiger partial charge on any atom is 0.266 e. The Kier molecular flexibility index (Phi) is 5.15. The topological polar surface area (TPSA) is 57.8 Å². The van der Waals surface area contributed by atoms with E-state index in [-0.39, 0.29) is 5.57 Å². The molecule has 29 heavy (non-hydrogen) atoms. The van der Waals surface area contributed by atoms with Crippen molar-refractivity contribution in [3.05, 3.63) is 101 Å². The van der Waals surface area contributed by atoms with Crippen molar-refractivity contribution in [2.24, 2.45) is 0 Å². The van der Waals surface area contributed by atoms with Gasteiger partial charge in [0.2, 0.25) is 0 Å². The van der Waals surface area contributed by atoms with Crippen LogP contribution in [0.5, 0.6) is 0 Å². The van der Waals surface area contributed by atoms with Gasteiger partial charge in [0.15, 0.2) is 0 Å². The fourth-order valence-corrected chi connectivity index (χ4v) is 3.31. The minimum absolute atomic E-state index is 0.00865. The number of nitriles is 1. The average molecular weight is 398 g/mol. The Labute approximate surface area is 173 Å². The van der Waals surface area contributed by atoms with Crippen LogP contribution in [0.2, 0.25) is 5.02 Å². The van der Waals surface area contributed by atoms with E-state index in [0.29, 0.717) is 10.7 Å². The predicted octanol–water partition coefficient (Wildman–Crippen LogP) is 5.83. The van der Waals surface area contributed by atoms with Crippen LogP contribution in [0, 0.1) is 11.3 Å². The van der Waals surface area contributed by atoms with E-state index in [1.54, 1.807) is 30.3 Å². The molecular weight excluding hydrogens is 382 g/mol. The molecule has 1 N–H and O–H groups in total. The standard InChI is InChI=1S/C24H16ClN3O/c25-22-9-3-4-10-23(22)27-24(29)19(16-26)15-20-8-5-13-28(20)21-12-11-17-6-1-2-7-18(17)14-21/h1-15H,(H,27,29)/b19-15-. The summed E-state index contributed by atoms with van der Waals surface area (Å²) in [6.45, 7) is 0. The second kappa shape index (κ2) is 8.05. The highest BCUT2D eigenvalue weighted by molar-refractivity contribution is 6.34. The molecule has 0 spiro atoms. The van der Waals surface area contributed by atoms with Crippen molar-refractivity contribution in [2.75, 3.05) is 5.32 Å². The molecule has 0 aliphatic rings. The van der Waals surface area contributed by atoms with E-state index >= 15 is 0 Å². The molecular formula is C24H16ClN3O. The van der Waals surface area contributed by atoms with Crippen LogP contribution in [0.15, 0.2) is 90.6 Å². The molecule has 0 radical (unpaired) electrons. The minimum atomic E-state index is -0.508. The van der Waals surface area contributed by atoms with Crippen molar-refractivity contribution in [2.45, 2.75) is 0 Å². The van der Waals surface area contributed by atoms with Gasteiger partial charge in [0.25, 0.3) is 5.91 Å². The molecule has 1 heterocycles. The Bertz CT molecular complexity index is 1280. The third-order valence-electron chi connectivity index (χ3n) is 4.57. The molecule has 0 fully saturated rings. The molecule has 5 heteroatoms. The molecule has 4 rings (SSSR count). The van der Waals surface area contributed by atoms with Crippen molar-refractivity contribution in [1.82, 2.24) is 4.57 Å². The van der Waals surface area contributed by atoms with Crippen LogP contribution in [-0.2, 0) is 4.79 Å². The fraction of sp³-hybridized carbons (Fsp3) is 0. The van der Waals surface area contributed by atoms with Crippen molar-refractivity contribution in [3.63, 3.8) is 0 Å². The summed E-state index contributed by atoms with van der Waals surface area (Å²) in [6, 6.07) is 26.9. The Morgan fingerprint density at radius 2 is 1.72 bits per heavy atom. The number of fused-ring (bicyclic) bond motifs is 1. The second-order valence-electron chi connectivity index (χ2n) is 6.44. The number of benzene rings is 3. The van der Waals surface area contributed by atoms with Crippen LogP contribution in [0.4, 0.5) is 5.69 Å². The van der Waals surface area contributed by atoms with Gasteiger partial charge in [-0.15, -0.1) is 0 Å². The predicted molar refractivity (Wildman–Crippen MR) is 117 cm³/mol. The van der Waals surface area contributed by atoms with Crippen LogP contribution in [0.25, 0.3) is 22.5 Å². The third-order valence-corrected chi connectivity index (χ3v) is 4.90. The Morgan fingerprint density at radius 3 is 2.52 bits per heavy atom. The number of amides is 1. The number of hydrogen-bond acceptors (Lipinski definition) is 2. The fourth-order valence-electron chi connectivity index (χ4n) is 3.12. The average Bonchev–Trinajstić information content (AvgIpc) is 3.21. The highest BCUT2D eigenvalue weighted by Crippen LogP contribution is 2.23. The number of nitrogens with one attached hydrogen (secondary N) is 1. The Hall–Kier alpha value is -3.81. The zero-order valence-corrected chi connectivity index (χ0v) is 16.1. The lowest BCUT2D eigenvalue weighted by molar-refractivity contribution is -0.112. The molecule has 4 aromatic rings. The molecule has 0 unspecified atom stereocenters. The van der Waals surface area contributed by atoms with Gasteiger partial charge in [0, 0.05) is 17.6 Å². The van der Waals surface area contributed by atoms with Crippen LogP contribution >= 0.6 is 11.6 Å². The molecule has 0 bridgehead atoms. The number of nitrogens with zero attached hydrogens (tertiary/aromatic N) is 2. The van der Waals surface area contributed by atoms with Gasteiger partial charge in [-0.25, -0.2) is 0 Å². The van der Waals surface area contributed by atoms with Crippen molar-refractivity contribution in [3.8, 4) is 11.8 Å². The van der Waals surface area contributed by atoms with Crippen molar-refractivity contribution < 1.29 is 4.79 Å². The normalized spacial score (nSPS) is 11.2. The molecule has 4 nitrogen and oxygen atoms in total. The lowest BCUT2D eigenvalue weighted by Crippen LogP contribution is -2.14. The van der Waals surface area contributed by atoms with Gasteiger partial charge in [-0.05, 0) is 53.2 Å². The van der Waals surface area contributed by atoms with Gasteiger partial charge < -0.3 is 9.88 Å². The maximum atomic E-state index is 12.6. The first-order chi connectivity index (χ1) is 14.2. The smallest absolute Gasteiger partial charge is 0.266 e. The van der Waals surface area contributed by atoms with Crippen molar-refractivity contribution in [1.29, 1.82) is 5.26 Å². The van der Waals surface area contributed by atoms with Crippen molar-refractivity contribution >= 4 is 40.0 Å². The molecule has 0 aliphatic carbocycles. The summed E-state index contributed by atoms with van der Waals surface area (Å²) < 4.78 is 1.94. The number of para-hydroxylation sites is 1. The molecule has 0 saturated heterocycles. The first-order valence-electron chi connectivity index (χ1n) is 9.00. The van der Waals surface area contributed by atoms with Gasteiger partial charge in [0.05, 0.1) is 10.7 Å². The number of anilines is 1. The number of aromatic nitrogens is 1. The van der Waals surface area contributed by atoms with E-state index in [2.05, 4.69) is 23.5 Å². The SMILES string of the molecule is N#C/C(=C/c1cccn1-c1ccc2ccccc2c1)C(=O)Nc1ccccc1Cl. The monoisotopic (exact) mass is 397 g/mol. The van der Waals surface area contributed by atoms with Crippen LogP contribution in [0.1, 0.15) is 5.69 Å². The first-order valence-corrected chi connectivity index (χ1v) is 9.38. The summed E-state index contributed by atoms with van der Waals surface area (Å²) in [5, 5.41) is 14.9. The number of hydrogen-bond donors (Lipinski definition) is 1. The summed E-state index contributed by atoms with van der Waals surface area (Å²) in [6.07, 6.45) is 3.47. The van der Waals surface area contributed by atoms with E-state index in [9.17, 15) is 10.1 Å². The second-order valence-corrected chi connectivity index (χ2v) is 6.85. The van der Waals surface area contributed by atoms with E-state index < -0.39 is 5.91 Å².